The van der Waals surface area contributed by atoms with Gasteiger partial charge in [-0.05, 0) is 31.7 Å². The van der Waals surface area contributed by atoms with Crippen LogP contribution >= 0.6 is 11.7 Å². The molecule has 9 heteroatoms. The third-order valence-corrected chi connectivity index (χ3v) is 5.34. The molecule has 0 aromatic carbocycles. The standard InChI is InChI=1S/C15H25N3OS.C2H2O4/c1-2-3-4-5-9-19-15-14(16-20-17-15)13-11-18-8-6-7-12(13)10-18;3-1(4)2(5)6/h12-13H,2-11H2,1H3;(H,3,4)(H,5,6). The highest BCUT2D eigenvalue weighted by molar-refractivity contribution is 6.99. The largest absolute Gasteiger partial charge is 0.476 e. The van der Waals surface area contributed by atoms with Gasteiger partial charge in [0, 0.05) is 19.0 Å². The first-order chi connectivity index (χ1) is 12.5. The number of hydrogen-bond donors (Lipinski definition) is 2. The molecule has 2 aliphatic rings. The minimum atomic E-state index is -1.82. The Morgan fingerprint density at radius 1 is 1.19 bits per heavy atom. The molecule has 3 rings (SSSR count). The quantitative estimate of drug-likeness (QED) is 0.544. The fraction of sp³-hybridized carbons (Fsp3) is 0.765. The van der Waals surface area contributed by atoms with E-state index in [-0.39, 0.29) is 0 Å². The van der Waals surface area contributed by atoms with Crippen molar-refractivity contribution in [2.24, 2.45) is 5.92 Å². The molecular formula is C17H27N3O5S. The van der Waals surface area contributed by atoms with Crippen molar-refractivity contribution in [3.63, 3.8) is 0 Å². The van der Waals surface area contributed by atoms with Gasteiger partial charge in [0.25, 0.3) is 0 Å². The van der Waals surface area contributed by atoms with Crippen molar-refractivity contribution < 1.29 is 24.5 Å². The number of hydrogen-bond acceptors (Lipinski definition) is 7. The van der Waals surface area contributed by atoms with Crippen LogP contribution in [0.25, 0.3) is 0 Å². The highest BCUT2D eigenvalue weighted by Gasteiger charge is 2.39. The molecule has 2 fully saturated rings. The molecule has 8 nitrogen and oxygen atoms in total. The summed E-state index contributed by atoms with van der Waals surface area (Å²) in [4.78, 5) is 20.8. The number of carboxylic acid groups (broad SMARTS) is 2. The summed E-state index contributed by atoms with van der Waals surface area (Å²) in [7, 11) is 0. The average Bonchev–Trinajstić information content (AvgIpc) is 3.19. The molecule has 3 unspecified atom stereocenters. The van der Waals surface area contributed by atoms with Crippen LogP contribution in [0.2, 0.25) is 0 Å². The summed E-state index contributed by atoms with van der Waals surface area (Å²) >= 11 is 1.31. The van der Waals surface area contributed by atoms with Crippen molar-refractivity contribution in [1.29, 1.82) is 0 Å². The Balaban J connectivity index is 0.000000352. The minimum absolute atomic E-state index is 0.557. The second-order valence-electron chi connectivity index (χ2n) is 6.74. The van der Waals surface area contributed by atoms with E-state index in [0.29, 0.717) is 5.92 Å². The smallest absolute Gasteiger partial charge is 0.414 e. The molecule has 2 aliphatic heterocycles. The summed E-state index contributed by atoms with van der Waals surface area (Å²) < 4.78 is 14.8. The number of fused-ring (bicyclic) bond motifs is 2. The van der Waals surface area contributed by atoms with E-state index in [4.69, 9.17) is 24.5 Å². The Morgan fingerprint density at radius 3 is 2.62 bits per heavy atom. The van der Waals surface area contributed by atoms with E-state index in [9.17, 15) is 0 Å². The first-order valence-electron chi connectivity index (χ1n) is 9.16. The number of rotatable bonds is 7. The molecule has 2 N–H and O–H groups in total. The van der Waals surface area contributed by atoms with Crippen molar-refractivity contribution in [3.8, 4) is 5.88 Å². The molecule has 146 valence electrons. The van der Waals surface area contributed by atoms with Crippen LogP contribution in [0.15, 0.2) is 0 Å². The fourth-order valence-electron chi connectivity index (χ4n) is 3.53. The maximum absolute atomic E-state index is 9.10. The van der Waals surface area contributed by atoms with Crippen LogP contribution < -0.4 is 4.74 Å². The maximum atomic E-state index is 9.10. The van der Waals surface area contributed by atoms with E-state index in [1.54, 1.807) is 0 Å². The van der Waals surface area contributed by atoms with Crippen LogP contribution in [0.4, 0.5) is 0 Å². The van der Waals surface area contributed by atoms with Gasteiger partial charge in [0.15, 0.2) is 0 Å². The van der Waals surface area contributed by atoms with E-state index in [1.165, 1.54) is 56.9 Å². The molecule has 1 aromatic rings. The van der Waals surface area contributed by atoms with Crippen LogP contribution in [0.1, 0.15) is 57.1 Å². The predicted molar refractivity (Wildman–Crippen MR) is 96.7 cm³/mol. The summed E-state index contributed by atoms with van der Waals surface area (Å²) in [5.41, 5.74) is 1.14. The minimum Gasteiger partial charge on any atom is -0.476 e. The molecule has 2 saturated heterocycles. The SMILES string of the molecule is CCCCCCOc1nsnc1C1CN2CCCC1C2.O=C(O)C(=O)O. The lowest BCUT2D eigenvalue weighted by atomic mass is 9.89. The van der Waals surface area contributed by atoms with E-state index in [0.717, 1.165) is 37.1 Å². The highest BCUT2D eigenvalue weighted by Crippen LogP contribution is 2.41. The zero-order valence-electron chi connectivity index (χ0n) is 15.1. The Kier molecular flexibility index (Phi) is 8.24. The number of aliphatic carboxylic acids is 2. The Morgan fingerprint density at radius 2 is 1.96 bits per heavy atom. The molecular weight excluding hydrogens is 358 g/mol. The van der Waals surface area contributed by atoms with Gasteiger partial charge >= 0.3 is 11.9 Å². The number of unbranched alkanes of at least 4 members (excludes halogenated alkanes) is 3. The van der Waals surface area contributed by atoms with Gasteiger partial charge < -0.3 is 19.8 Å². The summed E-state index contributed by atoms with van der Waals surface area (Å²) in [5.74, 6) is -1.49. The Hall–Kier alpha value is -1.74. The van der Waals surface area contributed by atoms with E-state index >= 15 is 0 Å². The van der Waals surface area contributed by atoms with Gasteiger partial charge in [0.2, 0.25) is 5.88 Å². The van der Waals surface area contributed by atoms with Crippen LogP contribution in [0.3, 0.4) is 0 Å². The second-order valence-corrected chi connectivity index (χ2v) is 7.27. The van der Waals surface area contributed by atoms with Crippen LogP contribution in [-0.2, 0) is 9.59 Å². The summed E-state index contributed by atoms with van der Waals surface area (Å²) in [5, 5.41) is 14.8. The molecule has 2 bridgehead atoms. The lowest BCUT2D eigenvalue weighted by Crippen LogP contribution is -2.25. The zero-order valence-corrected chi connectivity index (χ0v) is 15.9. The summed E-state index contributed by atoms with van der Waals surface area (Å²) in [6, 6.07) is 0. The van der Waals surface area contributed by atoms with Gasteiger partial charge in [-0.25, -0.2) is 9.59 Å². The molecule has 26 heavy (non-hydrogen) atoms. The van der Waals surface area contributed by atoms with Crippen molar-refractivity contribution in [2.45, 2.75) is 51.4 Å². The monoisotopic (exact) mass is 385 g/mol. The number of piperidine rings is 1. The first kappa shape index (κ1) is 20.6. The van der Waals surface area contributed by atoms with Gasteiger partial charge in [0.1, 0.15) is 5.69 Å². The molecule has 0 aliphatic carbocycles. The number of ether oxygens (including phenoxy) is 1. The van der Waals surface area contributed by atoms with Gasteiger partial charge in [-0.3, -0.25) is 0 Å². The van der Waals surface area contributed by atoms with Gasteiger partial charge in [0.05, 0.1) is 18.3 Å². The molecule has 0 radical (unpaired) electrons. The van der Waals surface area contributed by atoms with E-state index < -0.39 is 11.9 Å². The summed E-state index contributed by atoms with van der Waals surface area (Å²) in [6.45, 7) is 6.69. The van der Waals surface area contributed by atoms with Gasteiger partial charge in [-0.1, -0.05) is 26.2 Å². The molecule has 0 saturated carbocycles. The predicted octanol–water partition coefficient (Wildman–Crippen LogP) is 2.46. The normalized spacial score (nSPS) is 23.8. The van der Waals surface area contributed by atoms with Crippen LogP contribution in [0.5, 0.6) is 5.88 Å². The van der Waals surface area contributed by atoms with Crippen molar-refractivity contribution in [3.05, 3.63) is 5.69 Å². The van der Waals surface area contributed by atoms with Gasteiger partial charge in [-0.15, -0.1) is 4.37 Å². The summed E-state index contributed by atoms with van der Waals surface area (Å²) in [6.07, 6.45) is 7.63. The zero-order chi connectivity index (χ0) is 18.9. The lowest BCUT2D eigenvalue weighted by Gasteiger charge is -2.21. The lowest BCUT2D eigenvalue weighted by molar-refractivity contribution is -0.159. The third-order valence-electron chi connectivity index (χ3n) is 4.82. The van der Waals surface area contributed by atoms with E-state index in [2.05, 4.69) is 20.6 Å². The van der Waals surface area contributed by atoms with Crippen LogP contribution in [-0.4, -0.2) is 62.0 Å². The van der Waals surface area contributed by atoms with Crippen molar-refractivity contribution in [2.75, 3.05) is 26.2 Å². The van der Waals surface area contributed by atoms with Crippen LogP contribution in [0, 0.1) is 5.92 Å². The molecule has 0 amide bonds. The number of carboxylic acids is 2. The first-order valence-corrected chi connectivity index (χ1v) is 9.89. The van der Waals surface area contributed by atoms with Crippen molar-refractivity contribution >= 4 is 23.7 Å². The molecule has 0 spiro atoms. The fourth-order valence-corrected chi connectivity index (χ4v) is 4.10. The third kappa shape index (κ3) is 5.91. The average molecular weight is 385 g/mol. The molecule has 3 heterocycles. The van der Waals surface area contributed by atoms with Gasteiger partial charge in [-0.2, -0.15) is 4.37 Å². The number of aromatic nitrogens is 2. The Bertz CT molecular complexity index is 583. The molecule has 1 aromatic heterocycles. The number of carbonyl (C=O) groups is 2. The number of nitrogens with zero attached hydrogens (tertiary/aromatic N) is 3. The second kappa shape index (κ2) is 10.4. The topological polar surface area (TPSA) is 113 Å². The maximum Gasteiger partial charge on any atom is 0.414 e. The molecule has 3 atom stereocenters. The van der Waals surface area contributed by atoms with E-state index in [1.807, 2.05) is 0 Å². The van der Waals surface area contributed by atoms with Crippen molar-refractivity contribution in [1.82, 2.24) is 13.6 Å². The Labute approximate surface area is 157 Å². The highest BCUT2D eigenvalue weighted by atomic mass is 32.1.